The summed E-state index contributed by atoms with van der Waals surface area (Å²) in [5.41, 5.74) is 2.57. The molecule has 4 nitrogen and oxygen atoms in total. The molecule has 1 N–H and O–H groups in total. The van der Waals surface area contributed by atoms with Crippen molar-refractivity contribution in [2.75, 3.05) is 13.7 Å². The maximum Gasteiger partial charge on any atom is 0.251 e. The summed E-state index contributed by atoms with van der Waals surface area (Å²) in [5.74, 6) is 0.641. The first-order valence-corrected chi connectivity index (χ1v) is 8.31. The van der Waals surface area contributed by atoms with Crippen molar-refractivity contribution in [3.05, 3.63) is 65.2 Å². The van der Waals surface area contributed by atoms with Crippen LogP contribution in [0.2, 0.25) is 0 Å². The number of ether oxygens (including phenoxy) is 2. The Bertz CT molecular complexity index is 641. The molecule has 0 aliphatic heterocycles. The van der Waals surface area contributed by atoms with Crippen LogP contribution in [-0.4, -0.2) is 19.6 Å². The van der Waals surface area contributed by atoms with E-state index in [9.17, 15) is 4.79 Å². The zero-order valence-corrected chi connectivity index (χ0v) is 14.4. The van der Waals surface area contributed by atoms with Crippen LogP contribution in [0.25, 0.3) is 0 Å². The molecule has 0 aliphatic carbocycles. The molecule has 2 rings (SSSR count). The van der Waals surface area contributed by atoms with E-state index in [1.807, 2.05) is 42.5 Å². The molecule has 0 aliphatic rings. The number of methoxy groups -OCH3 is 1. The first-order chi connectivity index (χ1) is 11.7. The summed E-state index contributed by atoms with van der Waals surface area (Å²) in [4.78, 5) is 12.4. The molecular weight excluding hydrogens is 302 g/mol. The third-order valence-electron chi connectivity index (χ3n) is 3.74. The van der Waals surface area contributed by atoms with E-state index < -0.39 is 0 Å². The number of carbonyl (C=O) groups excluding carboxylic acids is 1. The molecule has 128 valence electrons. The van der Waals surface area contributed by atoms with Crippen molar-refractivity contribution in [1.82, 2.24) is 5.32 Å². The molecule has 0 saturated carbocycles. The topological polar surface area (TPSA) is 47.6 Å². The monoisotopic (exact) mass is 327 g/mol. The molecule has 4 heteroatoms. The molecule has 0 saturated heterocycles. The zero-order valence-electron chi connectivity index (χ0n) is 14.4. The van der Waals surface area contributed by atoms with Crippen LogP contribution < -0.4 is 10.1 Å². The number of nitrogens with one attached hydrogen (secondary N) is 1. The van der Waals surface area contributed by atoms with Crippen LogP contribution in [-0.2, 0) is 17.9 Å². The largest absolute Gasteiger partial charge is 0.496 e. The Labute approximate surface area is 143 Å². The Hall–Kier alpha value is -2.33. The number of unbranched alkanes of at least 4 members (excludes halogenated alkanes) is 1. The number of amides is 1. The lowest BCUT2D eigenvalue weighted by Crippen LogP contribution is -2.23. The molecule has 24 heavy (non-hydrogen) atoms. The van der Waals surface area contributed by atoms with Crippen LogP contribution in [0, 0.1) is 0 Å². The molecule has 0 heterocycles. The van der Waals surface area contributed by atoms with Gasteiger partial charge in [-0.2, -0.15) is 0 Å². The van der Waals surface area contributed by atoms with E-state index in [-0.39, 0.29) is 5.91 Å². The van der Waals surface area contributed by atoms with Crippen molar-refractivity contribution >= 4 is 5.91 Å². The van der Waals surface area contributed by atoms with Crippen LogP contribution in [0.3, 0.4) is 0 Å². The minimum atomic E-state index is -0.101. The van der Waals surface area contributed by atoms with E-state index in [4.69, 9.17) is 9.47 Å². The van der Waals surface area contributed by atoms with Gasteiger partial charge in [0.1, 0.15) is 5.75 Å². The third-order valence-corrected chi connectivity index (χ3v) is 3.74. The van der Waals surface area contributed by atoms with Crippen LogP contribution in [0.15, 0.2) is 48.5 Å². The molecular formula is C20H25NO3. The van der Waals surface area contributed by atoms with Gasteiger partial charge in [-0.05, 0) is 30.2 Å². The summed E-state index contributed by atoms with van der Waals surface area (Å²) in [6, 6.07) is 15.3. The third kappa shape index (κ3) is 5.39. The van der Waals surface area contributed by atoms with E-state index >= 15 is 0 Å². The minimum absolute atomic E-state index is 0.101. The standard InChI is InChI=1S/C20H25NO3/c1-3-4-12-24-15-18-13-17(10-11-19(18)23-2)20(22)21-14-16-8-6-5-7-9-16/h5-11,13H,3-4,12,14-15H2,1-2H3,(H,21,22). The lowest BCUT2D eigenvalue weighted by atomic mass is 10.1. The lowest BCUT2D eigenvalue weighted by molar-refractivity contribution is 0.0949. The maximum absolute atomic E-state index is 12.4. The Morgan fingerprint density at radius 3 is 2.62 bits per heavy atom. The molecule has 0 spiro atoms. The van der Waals surface area contributed by atoms with Gasteiger partial charge in [0.05, 0.1) is 13.7 Å². The Morgan fingerprint density at radius 2 is 1.92 bits per heavy atom. The fourth-order valence-electron chi connectivity index (χ4n) is 2.34. The molecule has 0 atom stereocenters. The first-order valence-electron chi connectivity index (χ1n) is 8.31. The van der Waals surface area contributed by atoms with Gasteiger partial charge in [0.25, 0.3) is 5.91 Å². The van der Waals surface area contributed by atoms with Crippen molar-refractivity contribution in [2.24, 2.45) is 0 Å². The van der Waals surface area contributed by atoms with Gasteiger partial charge in [0.2, 0.25) is 0 Å². The molecule has 0 radical (unpaired) electrons. The van der Waals surface area contributed by atoms with Crippen molar-refractivity contribution in [3.8, 4) is 5.75 Å². The first kappa shape index (κ1) is 18.0. The quantitative estimate of drug-likeness (QED) is 0.710. The van der Waals surface area contributed by atoms with Gasteiger partial charge >= 0.3 is 0 Å². The van der Waals surface area contributed by atoms with E-state index in [0.717, 1.165) is 29.7 Å². The van der Waals surface area contributed by atoms with Crippen molar-refractivity contribution in [3.63, 3.8) is 0 Å². The number of hydrogen-bond acceptors (Lipinski definition) is 3. The Morgan fingerprint density at radius 1 is 1.12 bits per heavy atom. The highest BCUT2D eigenvalue weighted by Crippen LogP contribution is 2.21. The average Bonchev–Trinajstić information content (AvgIpc) is 2.64. The lowest BCUT2D eigenvalue weighted by Gasteiger charge is -2.12. The zero-order chi connectivity index (χ0) is 17.2. The highest BCUT2D eigenvalue weighted by atomic mass is 16.5. The second kappa shape index (κ2) is 9.73. The summed E-state index contributed by atoms with van der Waals surface area (Å²) in [6.07, 6.45) is 2.12. The predicted octanol–water partition coefficient (Wildman–Crippen LogP) is 3.94. The molecule has 0 unspecified atom stereocenters. The van der Waals surface area contributed by atoms with E-state index in [1.54, 1.807) is 13.2 Å². The molecule has 2 aromatic rings. The molecule has 0 aromatic heterocycles. The molecule has 0 fully saturated rings. The molecule has 2 aromatic carbocycles. The number of hydrogen-bond donors (Lipinski definition) is 1. The van der Waals surface area contributed by atoms with Gasteiger partial charge in [0, 0.05) is 24.3 Å². The van der Waals surface area contributed by atoms with Gasteiger partial charge in [-0.25, -0.2) is 0 Å². The smallest absolute Gasteiger partial charge is 0.251 e. The van der Waals surface area contributed by atoms with Gasteiger partial charge < -0.3 is 14.8 Å². The van der Waals surface area contributed by atoms with Gasteiger partial charge in [0.15, 0.2) is 0 Å². The molecule has 1 amide bonds. The van der Waals surface area contributed by atoms with Crippen LogP contribution in [0.5, 0.6) is 5.75 Å². The summed E-state index contributed by atoms with van der Waals surface area (Å²) < 4.78 is 11.0. The fraction of sp³-hybridized carbons (Fsp3) is 0.350. The van der Waals surface area contributed by atoms with Gasteiger partial charge in [-0.1, -0.05) is 43.7 Å². The summed E-state index contributed by atoms with van der Waals surface area (Å²) >= 11 is 0. The Balaban J connectivity index is 1.99. The number of carbonyl (C=O) groups is 1. The second-order valence-corrected chi connectivity index (χ2v) is 5.60. The fourth-order valence-corrected chi connectivity index (χ4v) is 2.34. The Kier molecular flexibility index (Phi) is 7.30. The van der Waals surface area contributed by atoms with Crippen LogP contribution in [0.1, 0.15) is 41.3 Å². The number of rotatable bonds is 9. The van der Waals surface area contributed by atoms with Crippen molar-refractivity contribution in [2.45, 2.75) is 32.9 Å². The van der Waals surface area contributed by atoms with Crippen molar-refractivity contribution < 1.29 is 14.3 Å². The normalized spacial score (nSPS) is 10.4. The summed E-state index contributed by atoms with van der Waals surface area (Å²) in [5, 5.41) is 2.94. The van der Waals surface area contributed by atoms with Gasteiger partial charge in [-0.3, -0.25) is 4.79 Å². The van der Waals surface area contributed by atoms with Crippen LogP contribution >= 0.6 is 0 Å². The van der Waals surface area contributed by atoms with Crippen LogP contribution in [0.4, 0.5) is 0 Å². The number of benzene rings is 2. The highest BCUT2D eigenvalue weighted by molar-refractivity contribution is 5.94. The predicted molar refractivity (Wildman–Crippen MR) is 95.2 cm³/mol. The van der Waals surface area contributed by atoms with Crippen molar-refractivity contribution in [1.29, 1.82) is 0 Å². The van der Waals surface area contributed by atoms with E-state index in [0.29, 0.717) is 25.3 Å². The maximum atomic E-state index is 12.4. The summed E-state index contributed by atoms with van der Waals surface area (Å²) in [7, 11) is 1.63. The SMILES string of the molecule is CCCCOCc1cc(C(=O)NCc2ccccc2)ccc1OC. The summed E-state index contributed by atoms with van der Waals surface area (Å²) in [6.45, 7) is 3.79. The van der Waals surface area contributed by atoms with E-state index in [2.05, 4.69) is 12.2 Å². The second-order valence-electron chi connectivity index (χ2n) is 5.60. The minimum Gasteiger partial charge on any atom is -0.496 e. The average molecular weight is 327 g/mol. The molecule has 0 bridgehead atoms. The van der Waals surface area contributed by atoms with Gasteiger partial charge in [-0.15, -0.1) is 0 Å². The van der Waals surface area contributed by atoms with E-state index in [1.165, 1.54) is 0 Å². The highest BCUT2D eigenvalue weighted by Gasteiger charge is 2.10.